The molecule has 0 aliphatic heterocycles. The number of rotatable bonds is 3. The molecule has 9 heteroatoms. The Morgan fingerprint density at radius 1 is 0.941 bits per heavy atom. The minimum atomic E-state index is -5.00. The van der Waals surface area contributed by atoms with Gasteiger partial charge in [0.2, 0.25) is 4.24 Å². The van der Waals surface area contributed by atoms with Crippen molar-refractivity contribution in [3.05, 3.63) is 40.1 Å². The van der Waals surface area contributed by atoms with E-state index in [-0.39, 0.29) is 43.3 Å². The summed E-state index contributed by atoms with van der Waals surface area (Å²) in [5, 5.41) is 0. The summed E-state index contributed by atoms with van der Waals surface area (Å²) in [4.78, 5) is 0. The van der Waals surface area contributed by atoms with Crippen LogP contribution in [0, 0.1) is 0 Å². The van der Waals surface area contributed by atoms with Crippen molar-refractivity contribution in [2.24, 2.45) is 0 Å². The quantitative estimate of drug-likeness (QED) is 0.593. The van der Waals surface area contributed by atoms with Crippen molar-refractivity contribution in [3.63, 3.8) is 0 Å². The molecule has 0 heterocycles. The zero-order valence-corrected chi connectivity index (χ0v) is 9.44. The number of hydrogen-bond donors (Lipinski definition) is 2. The Morgan fingerprint density at radius 2 is 1.35 bits per heavy atom. The van der Waals surface area contributed by atoms with Crippen LogP contribution in [0.5, 0.6) is 0 Å². The first-order valence-electron chi connectivity index (χ1n) is 3.93. The van der Waals surface area contributed by atoms with Gasteiger partial charge in [-0.2, -0.15) is 16.8 Å². The van der Waals surface area contributed by atoms with Gasteiger partial charge in [0.05, 0.1) is 0 Å². The van der Waals surface area contributed by atoms with Crippen LogP contribution in [-0.2, 0) is 20.2 Å². The first-order valence-corrected chi connectivity index (χ1v) is 6.81. The fourth-order valence-electron chi connectivity index (χ4n) is 0.967. The molecule has 92 valence electrons. The summed E-state index contributed by atoms with van der Waals surface area (Å²) in [6.07, 6.45) is 0.657. The maximum atomic E-state index is 10.7. The van der Waals surface area contributed by atoms with Gasteiger partial charge in [-0.3, -0.25) is 9.11 Å². The summed E-state index contributed by atoms with van der Waals surface area (Å²) in [7, 11) is -10.00. The van der Waals surface area contributed by atoms with Crippen LogP contribution in [0.4, 0.5) is 0 Å². The van der Waals surface area contributed by atoms with Crippen LogP contribution >= 0.6 is 0 Å². The van der Waals surface area contributed by atoms with E-state index < -0.39 is 24.5 Å². The topological polar surface area (TPSA) is 109 Å². The van der Waals surface area contributed by atoms with Gasteiger partial charge in [0.1, 0.15) is 0 Å². The molecule has 0 bridgehead atoms. The SMILES string of the molecule is O=S(=O)(O)C(=Cc1ccccc1)S(=O)(=O)O.[CaH2]. The van der Waals surface area contributed by atoms with Crippen LogP contribution in [0.1, 0.15) is 5.56 Å². The van der Waals surface area contributed by atoms with Crippen LogP contribution in [0.25, 0.3) is 6.08 Å². The first-order chi connectivity index (χ1) is 7.21. The van der Waals surface area contributed by atoms with Gasteiger partial charge in [-0.05, 0) is 11.6 Å². The Kier molecular flexibility index (Phi) is 6.29. The zero-order chi connectivity index (χ0) is 12.4. The molecule has 0 fully saturated rings. The van der Waals surface area contributed by atoms with Crippen LogP contribution < -0.4 is 0 Å². The van der Waals surface area contributed by atoms with E-state index in [1.807, 2.05) is 0 Å². The molecule has 1 aromatic carbocycles. The molecule has 0 saturated carbocycles. The van der Waals surface area contributed by atoms with Gasteiger partial charge in [-0.1, -0.05) is 30.3 Å². The molecule has 1 aromatic rings. The molecule has 0 amide bonds. The Bertz CT molecular complexity index is 569. The molecule has 0 unspecified atom stereocenters. The van der Waals surface area contributed by atoms with Crippen LogP contribution in [0.3, 0.4) is 0 Å². The van der Waals surface area contributed by atoms with Gasteiger partial charge in [0.25, 0.3) is 0 Å². The van der Waals surface area contributed by atoms with Crippen LogP contribution in [0.15, 0.2) is 34.6 Å². The molecule has 0 spiro atoms. The standard InChI is InChI=1S/C8H8O6S2.Ca.2H/c9-15(10,11)8(16(12,13)14)6-7-4-2-1-3-5-7;;;/h1-6H,(H,9,10,11)(H,12,13,14);;;. The molecule has 1 rings (SSSR count). The predicted molar refractivity (Wildman–Crippen MR) is 66.1 cm³/mol. The van der Waals surface area contributed by atoms with Crippen molar-refractivity contribution >= 4 is 64.1 Å². The van der Waals surface area contributed by atoms with Crippen molar-refractivity contribution in [2.45, 2.75) is 0 Å². The van der Waals surface area contributed by atoms with E-state index in [1.54, 1.807) is 6.07 Å². The third kappa shape index (κ3) is 5.47. The van der Waals surface area contributed by atoms with Gasteiger partial charge in [-0.15, -0.1) is 0 Å². The molecule has 2 N–H and O–H groups in total. The van der Waals surface area contributed by atoms with E-state index in [0.29, 0.717) is 6.08 Å². The normalized spacial score (nSPS) is 11.4. The van der Waals surface area contributed by atoms with Gasteiger partial charge < -0.3 is 0 Å². The summed E-state index contributed by atoms with van der Waals surface area (Å²) in [6.45, 7) is 0. The molecule has 0 aromatic heterocycles. The molecule has 17 heavy (non-hydrogen) atoms. The first kappa shape index (κ1) is 17.0. The Balaban J connectivity index is 0.00000256. The third-order valence-corrected chi connectivity index (χ3v) is 4.11. The number of benzene rings is 1. The zero-order valence-electron chi connectivity index (χ0n) is 7.81. The van der Waals surface area contributed by atoms with Crippen molar-refractivity contribution in [1.82, 2.24) is 0 Å². The fraction of sp³-hybridized carbons (Fsp3) is 0. The summed E-state index contributed by atoms with van der Waals surface area (Å²) in [5.74, 6) is 0. The van der Waals surface area contributed by atoms with Crippen molar-refractivity contribution in [3.8, 4) is 0 Å². The molecule has 0 aliphatic rings. The molecule has 0 radical (unpaired) electrons. The maximum absolute atomic E-state index is 10.7. The number of hydrogen-bond acceptors (Lipinski definition) is 4. The fourth-order valence-corrected chi connectivity index (χ4v) is 2.60. The minimum absolute atomic E-state index is 0. The molecule has 0 aliphatic carbocycles. The van der Waals surface area contributed by atoms with Gasteiger partial charge in [0.15, 0.2) is 0 Å². The molecular weight excluding hydrogens is 296 g/mol. The molecule has 0 atom stereocenters. The van der Waals surface area contributed by atoms with E-state index in [9.17, 15) is 16.8 Å². The molecule has 0 saturated heterocycles. The second-order valence-corrected chi connectivity index (χ2v) is 5.86. The van der Waals surface area contributed by atoms with E-state index in [0.717, 1.165) is 0 Å². The Morgan fingerprint density at radius 3 is 1.71 bits per heavy atom. The monoisotopic (exact) mass is 306 g/mol. The molecule has 6 nitrogen and oxygen atoms in total. The van der Waals surface area contributed by atoms with Crippen molar-refractivity contribution < 1.29 is 25.9 Å². The predicted octanol–water partition coefficient (Wildman–Crippen LogP) is -0.156. The van der Waals surface area contributed by atoms with Crippen LogP contribution in [-0.4, -0.2) is 63.7 Å². The average Bonchev–Trinajstić information content (AvgIpc) is 2.12. The van der Waals surface area contributed by atoms with E-state index >= 15 is 0 Å². The van der Waals surface area contributed by atoms with Crippen molar-refractivity contribution in [1.29, 1.82) is 0 Å². The van der Waals surface area contributed by atoms with Gasteiger partial charge >= 0.3 is 58.0 Å². The van der Waals surface area contributed by atoms with Gasteiger partial charge in [-0.25, -0.2) is 0 Å². The van der Waals surface area contributed by atoms with Crippen LogP contribution in [0.2, 0.25) is 0 Å². The Hall–Kier alpha value is 0.0397. The second kappa shape index (κ2) is 6.28. The van der Waals surface area contributed by atoms with Gasteiger partial charge in [0, 0.05) is 0 Å². The Labute approximate surface area is 129 Å². The van der Waals surface area contributed by atoms with E-state index in [4.69, 9.17) is 9.11 Å². The average molecular weight is 306 g/mol. The van der Waals surface area contributed by atoms with Crippen molar-refractivity contribution in [2.75, 3.05) is 0 Å². The second-order valence-electron chi connectivity index (χ2n) is 2.82. The van der Waals surface area contributed by atoms with E-state index in [2.05, 4.69) is 0 Å². The third-order valence-electron chi connectivity index (χ3n) is 1.59. The summed E-state index contributed by atoms with van der Waals surface area (Å²) < 4.78 is 58.7. The summed E-state index contributed by atoms with van der Waals surface area (Å²) in [6, 6.07) is 7.54. The summed E-state index contributed by atoms with van der Waals surface area (Å²) in [5.41, 5.74) is 0.216. The molecular formula is C8H10CaO6S2. The van der Waals surface area contributed by atoms with E-state index in [1.165, 1.54) is 24.3 Å². The summed E-state index contributed by atoms with van der Waals surface area (Å²) >= 11 is 0.